The molecule has 0 amide bonds. The molecule has 1 N–H and O–H groups in total. The van der Waals surface area contributed by atoms with Crippen molar-refractivity contribution in [3.05, 3.63) is 53.3 Å². The zero-order valence-corrected chi connectivity index (χ0v) is 13.3. The van der Waals surface area contributed by atoms with Gasteiger partial charge in [0.15, 0.2) is 0 Å². The Balaban J connectivity index is 1.96. The number of aromatic nitrogens is 2. The van der Waals surface area contributed by atoms with Gasteiger partial charge in [0.05, 0.1) is 18.9 Å². The van der Waals surface area contributed by atoms with Gasteiger partial charge in [-0.15, -0.1) is 0 Å². The Morgan fingerprint density at radius 2 is 1.90 bits per heavy atom. The summed E-state index contributed by atoms with van der Waals surface area (Å²) in [4.78, 5) is 0. The topological polar surface area (TPSA) is 39.1 Å². The molecule has 1 heterocycles. The third kappa shape index (κ3) is 4.69. The van der Waals surface area contributed by atoms with Gasteiger partial charge in [0.25, 0.3) is 0 Å². The van der Waals surface area contributed by atoms with Crippen molar-refractivity contribution in [3.63, 3.8) is 0 Å². The Morgan fingerprint density at radius 3 is 2.52 bits per heavy atom. The quantitative estimate of drug-likeness (QED) is 0.850. The number of benzene rings is 1. The molecule has 0 saturated heterocycles. The predicted molar refractivity (Wildman–Crippen MR) is 84.8 cm³/mol. The summed E-state index contributed by atoms with van der Waals surface area (Å²) in [6, 6.07) is 8.70. The molecule has 0 radical (unpaired) electrons. The number of nitrogens with zero attached hydrogens (tertiary/aromatic N) is 2. The molecule has 2 rings (SSSR count). The van der Waals surface area contributed by atoms with E-state index in [1.54, 1.807) is 0 Å². The molecule has 0 fully saturated rings. The summed E-state index contributed by atoms with van der Waals surface area (Å²) in [5, 5.41) is 7.76. The van der Waals surface area contributed by atoms with Crippen molar-refractivity contribution < 1.29 is 4.74 Å². The lowest BCUT2D eigenvalue weighted by Crippen LogP contribution is -2.19. The van der Waals surface area contributed by atoms with Crippen LogP contribution in [0.25, 0.3) is 0 Å². The summed E-state index contributed by atoms with van der Waals surface area (Å²) >= 11 is 0. The molecule has 0 bridgehead atoms. The second kappa shape index (κ2) is 7.38. The first-order valence-corrected chi connectivity index (χ1v) is 7.46. The lowest BCUT2D eigenvalue weighted by molar-refractivity contribution is 0.0652. The van der Waals surface area contributed by atoms with Crippen LogP contribution >= 0.6 is 0 Å². The van der Waals surface area contributed by atoms with Crippen molar-refractivity contribution in [1.82, 2.24) is 15.1 Å². The number of nitrogens with one attached hydrogen (secondary N) is 1. The van der Waals surface area contributed by atoms with Crippen LogP contribution in [0.2, 0.25) is 0 Å². The van der Waals surface area contributed by atoms with Crippen LogP contribution in [0.4, 0.5) is 0 Å². The second-order valence-electron chi connectivity index (χ2n) is 5.68. The lowest BCUT2D eigenvalue weighted by Gasteiger charge is -2.15. The van der Waals surface area contributed by atoms with Crippen LogP contribution in [-0.2, 0) is 24.9 Å². The molecule has 1 aromatic heterocycles. The number of aryl methyl sites for hydroxylation is 1. The minimum absolute atomic E-state index is 0.250. The van der Waals surface area contributed by atoms with E-state index in [0.717, 1.165) is 6.54 Å². The van der Waals surface area contributed by atoms with Crippen molar-refractivity contribution >= 4 is 0 Å². The van der Waals surface area contributed by atoms with Crippen molar-refractivity contribution in [2.45, 2.75) is 46.1 Å². The maximum Gasteiger partial charge on any atom is 0.0723 e. The van der Waals surface area contributed by atoms with Crippen molar-refractivity contribution in [2.24, 2.45) is 7.05 Å². The molecule has 1 atom stereocenters. The minimum atomic E-state index is 0.250. The number of ether oxygens (including phenoxy) is 1. The number of hydrogen-bond donors (Lipinski definition) is 1. The van der Waals surface area contributed by atoms with Crippen LogP contribution in [0.1, 0.15) is 43.5 Å². The maximum atomic E-state index is 5.72. The molecule has 0 unspecified atom stereocenters. The molecule has 0 aliphatic heterocycles. The molecule has 0 aliphatic carbocycles. The zero-order chi connectivity index (χ0) is 15.2. The Kier molecular flexibility index (Phi) is 5.53. The fourth-order valence-electron chi connectivity index (χ4n) is 2.17. The van der Waals surface area contributed by atoms with Gasteiger partial charge in [0, 0.05) is 31.4 Å². The average Bonchev–Trinajstić information content (AvgIpc) is 2.90. The van der Waals surface area contributed by atoms with E-state index in [2.05, 4.69) is 55.5 Å². The summed E-state index contributed by atoms with van der Waals surface area (Å²) in [6.07, 6.45) is 4.21. The van der Waals surface area contributed by atoms with Gasteiger partial charge in [-0.3, -0.25) is 4.68 Å². The van der Waals surface area contributed by atoms with Crippen LogP contribution in [0, 0.1) is 0 Å². The predicted octanol–water partition coefficient (Wildman–Crippen LogP) is 3.20. The van der Waals surface area contributed by atoms with Crippen molar-refractivity contribution in [1.29, 1.82) is 0 Å². The van der Waals surface area contributed by atoms with E-state index in [1.165, 1.54) is 16.7 Å². The van der Waals surface area contributed by atoms with Gasteiger partial charge in [-0.05, 0) is 31.9 Å². The zero-order valence-electron chi connectivity index (χ0n) is 13.3. The van der Waals surface area contributed by atoms with Gasteiger partial charge < -0.3 is 10.1 Å². The molecule has 0 aliphatic rings. The van der Waals surface area contributed by atoms with E-state index in [9.17, 15) is 0 Å². The highest BCUT2D eigenvalue weighted by Crippen LogP contribution is 2.15. The highest BCUT2D eigenvalue weighted by molar-refractivity contribution is 5.26. The minimum Gasteiger partial charge on any atom is -0.374 e. The van der Waals surface area contributed by atoms with Crippen LogP contribution < -0.4 is 5.32 Å². The van der Waals surface area contributed by atoms with E-state index < -0.39 is 0 Å². The summed E-state index contributed by atoms with van der Waals surface area (Å²) in [7, 11) is 1.94. The Morgan fingerprint density at radius 1 is 1.19 bits per heavy atom. The van der Waals surface area contributed by atoms with Crippen LogP contribution in [0.3, 0.4) is 0 Å². The Labute approximate surface area is 127 Å². The Hall–Kier alpha value is -1.65. The van der Waals surface area contributed by atoms with E-state index in [-0.39, 0.29) is 12.1 Å². The van der Waals surface area contributed by atoms with Gasteiger partial charge >= 0.3 is 0 Å². The molecule has 4 nitrogen and oxygen atoms in total. The van der Waals surface area contributed by atoms with Crippen LogP contribution in [-0.4, -0.2) is 15.9 Å². The molecule has 21 heavy (non-hydrogen) atoms. The monoisotopic (exact) mass is 287 g/mol. The third-order valence-electron chi connectivity index (χ3n) is 3.51. The van der Waals surface area contributed by atoms with Crippen molar-refractivity contribution in [3.8, 4) is 0 Å². The van der Waals surface area contributed by atoms with E-state index in [0.29, 0.717) is 6.61 Å². The molecular formula is C17H25N3O. The lowest BCUT2D eigenvalue weighted by atomic mass is 10.1. The molecule has 2 aromatic rings. The second-order valence-corrected chi connectivity index (χ2v) is 5.68. The Bertz CT molecular complexity index is 563. The van der Waals surface area contributed by atoms with E-state index in [4.69, 9.17) is 4.74 Å². The first-order chi connectivity index (χ1) is 10.1. The number of rotatable bonds is 7. The largest absolute Gasteiger partial charge is 0.374 e. The van der Waals surface area contributed by atoms with Crippen LogP contribution in [0.5, 0.6) is 0 Å². The summed E-state index contributed by atoms with van der Waals surface area (Å²) in [5.74, 6) is 0. The highest BCUT2D eigenvalue weighted by Gasteiger charge is 2.09. The highest BCUT2D eigenvalue weighted by atomic mass is 16.5. The number of hydrogen-bond acceptors (Lipinski definition) is 3. The maximum absolute atomic E-state index is 5.72. The SMILES string of the molecule is CC(C)OCc1ccccc1CN[C@H](C)c1cnn(C)c1. The van der Waals surface area contributed by atoms with Gasteiger partial charge in [-0.1, -0.05) is 24.3 Å². The fraction of sp³-hybridized carbons (Fsp3) is 0.471. The smallest absolute Gasteiger partial charge is 0.0723 e. The van der Waals surface area contributed by atoms with E-state index >= 15 is 0 Å². The van der Waals surface area contributed by atoms with Gasteiger partial charge in [-0.2, -0.15) is 5.10 Å². The third-order valence-corrected chi connectivity index (χ3v) is 3.51. The molecule has 0 spiro atoms. The summed E-state index contributed by atoms with van der Waals surface area (Å²) in [6.45, 7) is 7.77. The molecule has 4 heteroatoms. The first-order valence-electron chi connectivity index (χ1n) is 7.46. The normalized spacial score (nSPS) is 12.8. The van der Waals surface area contributed by atoms with Crippen molar-refractivity contribution in [2.75, 3.05) is 0 Å². The van der Waals surface area contributed by atoms with Crippen LogP contribution in [0.15, 0.2) is 36.7 Å². The molecule has 0 saturated carbocycles. The summed E-state index contributed by atoms with van der Waals surface area (Å²) < 4.78 is 7.55. The molecule has 1 aromatic carbocycles. The van der Waals surface area contributed by atoms with Gasteiger partial charge in [0.2, 0.25) is 0 Å². The van der Waals surface area contributed by atoms with Gasteiger partial charge in [-0.25, -0.2) is 0 Å². The first kappa shape index (κ1) is 15.7. The average molecular weight is 287 g/mol. The molecule has 114 valence electrons. The molecular weight excluding hydrogens is 262 g/mol. The summed E-state index contributed by atoms with van der Waals surface area (Å²) in [5.41, 5.74) is 3.74. The van der Waals surface area contributed by atoms with Gasteiger partial charge in [0.1, 0.15) is 0 Å². The fourth-order valence-corrected chi connectivity index (χ4v) is 2.17. The standard InChI is InChI=1S/C17H25N3O/c1-13(2)21-12-16-8-6-5-7-15(16)9-18-14(3)17-10-19-20(4)11-17/h5-8,10-11,13-14,18H,9,12H2,1-4H3/t14-/m1/s1. The van der Waals surface area contributed by atoms with E-state index in [1.807, 2.05) is 24.1 Å².